The Labute approximate surface area is 163 Å². The third-order valence-electron chi connectivity index (χ3n) is 4.45. The van der Waals surface area contributed by atoms with Crippen LogP contribution in [0.4, 0.5) is 0 Å². The van der Waals surface area contributed by atoms with Gasteiger partial charge in [-0.1, -0.05) is 41.9 Å². The molecule has 1 N–H and O–H groups in total. The molecule has 1 heterocycles. The zero-order chi connectivity index (χ0) is 19.6. The number of halogens is 1. The van der Waals surface area contributed by atoms with Crippen molar-refractivity contribution in [3.8, 4) is 0 Å². The van der Waals surface area contributed by atoms with Crippen molar-refractivity contribution >= 4 is 33.3 Å². The van der Waals surface area contributed by atoms with Crippen LogP contribution < -0.4 is 5.32 Å². The summed E-state index contributed by atoms with van der Waals surface area (Å²) >= 11 is 5.98. The molecule has 6 nitrogen and oxygen atoms in total. The summed E-state index contributed by atoms with van der Waals surface area (Å²) in [7, 11) is -3.57. The molecule has 2 aromatic rings. The van der Waals surface area contributed by atoms with E-state index >= 15 is 0 Å². The molecular formula is C19H19ClN2O4S. The van der Waals surface area contributed by atoms with Crippen LogP contribution in [0.1, 0.15) is 28.4 Å². The normalized spacial score (nSPS) is 17.9. The van der Waals surface area contributed by atoms with Gasteiger partial charge in [0.2, 0.25) is 5.91 Å². The van der Waals surface area contributed by atoms with Crippen molar-refractivity contribution in [1.29, 1.82) is 0 Å². The van der Waals surface area contributed by atoms with Crippen molar-refractivity contribution in [2.75, 3.05) is 19.3 Å². The maximum atomic E-state index is 13.2. The van der Waals surface area contributed by atoms with E-state index < -0.39 is 15.9 Å². The summed E-state index contributed by atoms with van der Waals surface area (Å²) in [5.74, 6) is -0.478. The predicted molar refractivity (Wildman–Crippen MR) is 102 cm³/mol. The fraction of sp³-hybridized carbons (Fsp3) is 0.263. The Balaban J connectivity index is 2.02. The van der Waals surface area contributed by atoms with E-state index in [2.05, 4.69) is 5.32 Å². The average Bonchev–Trinajstić information content (AvgIpc) is 2.83. The molecule has 0 aliphatic carbocycles. The van der Waals surface area contributed by atoms with Crippen LogP contribution in [-0.4, -0.2) is 44.5 Å². The zero-order valence-corrected chi connectivity index (χ0v) is 16.3. The highest BCUT2D eigenvalue weighted by atomic mass is 35.5. The molecule has 0 saturated carbocycles. The van der Waals surface area contributed by atoms with Crippen LogP contribution in [0.2, 0.25) is 5.02 Å². The second-order valence-electron chi connectivity index (χ2n) is 6.40. The van der Waals surface area contributed by atoms with E-state index in [9.17, 15) is 18.0 Å². The molecule has 0 aromatic heterocycles. The van der Waals surface area contributed by atoms with Gasteiger partial charge in [-0.3, -0.25) is 9.59 Å². The molecule has 1 aliphatic heterocycles. The Bertz CT molecular complexity index is 976. The van der Waals surface area contributed by atoms with Crippen LogP contribution in [-0.2, 0) is 14.6 Å². The lowest BCUT2D eigenvalue weighted by molar-refractivity contribution is -0.121. The number of carbonyl (C=O) groups excluding carboxylic acids is 2. The van der Waals surface area contributed by atoms with Crippen LogP contribution in [0.5, 0.6) is 0 Å². The van der Waals surface area contributed by atoms with E-state index in [1.807, 2.05) is 30.3 Å². The molecule has 2 aromatic carbocycles. The fourth-order valence-corrected chi connectivity index (χ4v) is 4.43. The first-order valence-electron chi connectivity index (χ1n) is 8.39. The van der Waals surface area contributed by atoms with E-state index in [1.165, 1.54) is 18.2 Å². The number of hydrogen-bond donors (Lipinski definition) is 1. The molecule has 0 spiro atoms. The van der Waals surface area contributed by atoms with Gasteiger partial charge in [-0.2, -0.15) is 0 Å². The van der Waals surface area contributed by atoms with E-state index in [0.29, 0.717) is 13.1 Å². The first-order chi connectivity index (χ1) is 12.8. The summed E-state index contributed by atoms with van der Waals surface area (Å²) in [6.45, 7) is 0.654. The minimum Gasteiger partial charge on any atom is -0.354 e. The molecule has 0 bridgehead atoms. The van der Waals surface area contributed by atoms with Crippen LogP contribution in [0.3, 0.4) is 0 Å². The molecule has 2 amide bonds. The van der Waals surface area contributed by atoms with Gasteiger partial charge in [-0.15, -0.1) is 0 Å². The largest absolute Gasteiger partial charge is 0.354 e. The summed E-state index contributed by atoms with van der Waals surface area (Å²) in [6, 6.07) is 13.1. The molecule has 0 radical (unpaired) electrons. The Hall–Kier alpha value is -2.38. The highest BCUT2D eigenvalue weighted by molar-refractivity contribution is 7.90. The molecule has 1 atom stereocenters. The number of rotatable bonds is 3. The van der Waals surface area contributed by atoms with Gasteiger partial charge >= 0.3 is 0 Å². The van der Waals surface area contributed by atoms with Gasteiger partial charge in [0.15, 0.2) is 9.84 Å². The van der Waals surface area contributed by atoms with Crippen LogP contribution in [0.25, 0.3) is 0 Å². The maximum absolute atomic E-state index is 13.2. The zero-order valence-electron chi connectivity index (χ0n) is 14.7. The Kier molecular flexibility index (Phi) is 5.53. The lowest BCUT2D eigenvalue weighted by Crippen LogP contribution is -2.36. The van der Waals surface area contributed by atoms with Gasteiger partial charge in [0, 0.05) is 24.9 Å². The third-order valence-corrected chi connectivity index (χ3v) is 6.03. The van der Waals surface area contributed by atoms with Gasteiger partial charge in [0.25, 0.3) is 5.91 Å². The van der Waals surface area contributed by atoms with Crippen molar-refractivity contribution < 1.29 is 18.0 Å². The van der Waals surface area contributed by atoms with E-state index in [4.69, 9.17) is 11.6 Å². The van der Waals surface area contributed by atoms with Gasteiger partial charge in [0.1, 0.15) is 0 Å². The minimum absolute atomic E-state index is 0.0707. The monoisotopic (exact) mass is 406 g/mol. The van der Waals surface area contributed by atoms with Crippen molar-refractivity contribution in [1.82, 2.24) is 10.2 Å². The highest BCUT2D eigenvalue weighted by Crippen LogP contribution is 2.29. The number of hydrogen-bond acceptors (Lipinski definition) is 4. The first-order valence-corrected chi connectivity index (χ1v) is 10.7. The van der Waals surface area contributed by atoms with Crippen LogP contribution in [0, 0.1) is 0 Å². The standard InChI is InChI=1S/C19H19ClN2O4S/c1-27(25,26)17-11-14(7-8-15(17)20)19(24)22-10-9-21-18(23)12-16(22)13-5-3-2-4-6-13/h2-8,11,16H,9-10,12H2,1H3,(H,21,23). The smallest absolute Gasteiger partial charge is 0.254 e. The number of benzene rings is 2. The van der Waals surface area contributed by atoms with Crippen LogP contribution in [0.15, 0.2) is 53.4 Å². The summed E-state index contributed by atoms with van der Waals surface area (Å²) in [5, 5.41) is 2.85. The van der Waals surface area contributed by atoms with Gasteiger partial charge in [-0.05, 0) is 23.8 Å². The van der Waals surface area contributed by atoms with Crippen molar-refractivity contribution in [2.45, 2.75) is 17.4 Å². The topological polar surface area (TPSA) is 83.6 Å². The summed E-state index contributed by atoms with van der Waals surface area (Å²) in [5.41, 5.74) is 1.07. The van der Waals surface area contributed by atoms with E-state index in [0.717, 1.165) is 11.8 Å². The second kappa shape index (κ2) is 7.70. The molecule has 3 rings (SSSR count). The number of sulfone groups is 1. The summed E-state index contributed by atoms with van der Waals surface area (Å²) < 4.78 is 23.8. The average molecular weight is 407 g/mol. The molecule has 1 aliphatic rings. The van der Waals surface area contributed by atoms with Crippen molar-refractivity contribution in [3.05, 3.63) is 64.7 Å². The number of amides is 2. The summed E-state index contributed by atoms with van der Waals surface area (Å²) in [6.07, 6.45) is 1.19. The van der Waals surface area contributed by atoms with Crippen molar-refractivity contribution in [2.24, 2.45) is 0 Å². The molecule has 27 heavy (non-hydrogen) atoms. The summed E-state index contributed by atoms with van der Waals surface area (Å²) in [4.78, 5) is 26.8. The lowest BCUT2D eigenvalue weighted by atomic mass is 10.0. The molecule has 1 saturated heterocycles. The molecule has 8 heteroatoms. The van der Waals surface area contributed by atoms with Gasteiger partial charge < -0.3 is 10.2 Å². The Morgan fingerprint density at radius 2 is 1.89 bits per heavy atom. The van der Waals surface area contributed by atoms with Gasteiger partial charge in [0.05, 0.1) is 22.4 Å². The van der Waals surface area contributed by atoms with Gasteiger partial charge in [-0.25, -0.2) is 8.42 Å². The number of nitrogens with one attached hydrogen (secondary N) is 1. The number of nitrogens with zero attached hydrogens (tertiary/aromatic N) is 1. The molecule has 142 valence electrons. The SMILES string of the molecule is CS(=O)(=O)c1cc(C(=O)N2CCNC(=O)CC2c2ccccc2)ccc1Cl. The second-order valence-corrected chi connectivity index (χ2v) is 8.79. The molecule has 1 fully saturated rings. The number of carbonyl (C=O) groups is 2. The Morgan fingerprint density at radius 3 is 2.56 bits per heavy atom. The third kappa shape index (κ3) is 4.31. The van der Waals surface area contributed by atoms with Crippen LogP contribution >= 0.6 is 11.6 Å². The quantitative estimate of drug-likeness (QED) is 0.848. The molecular weight excluding hydrogens is 388 g/mol. The van der Waals surface area contributed by atoms with E-state index in [1.54, 1.807) is 4.90 Å². The fourth-order valence-electron chi connectivity index (χ4n) is 3.13. The van der Waals surface area contributed by atoms with Crippen molar-refractivity contribution in [3.63, 3.8) is 0 Å². The lowest BCUT2D eigenvalue weighted by Gasteiger charge is -2.29. The minimum atomic E-state index is -3.57. The van der Waals surface area contributed by atoms with E-state index in [-0.39, 0.29) is 33.7 Å². The highest BCUT2D eigenvalue weighted by Gasteiger charge is 2.31. The Morgan fingerprint density at radius 1 is 1.19 bits per heavy atom. The maximum Gasteiger partial charge on any atom is 0.254 e. The predicted octanol–water partition coefficient (Wildman–Crippen LogP) is 2.45. The molecule has 1 unspecified atom stereocenters. The first kappa shape index (κ1) is 19.4.